The van der Waals surface area contributed by atoms with Gasteiger partial charge in [0.1, 0.15) is 5.75 Å². The molecule has 2 aromatic carbocycles. The van der Waals surface area contributed by atoms with Crippen molar-refractivity contribution in [3.05, 3.63) is 59.7 Å². The zero-order chi connectivity index (χ0) is 20.4. The molecule has 2 amide bonds. The molecule has 0 fully saturated rings. The van der Waals surface area contributed by atoms with E-state index in [9.17, 15) is 9.59 Å². The van der Waals surface area contributed by atoms with E-state index in [1.165, 1.54) is 0 Å². The van der Waals surface area contributed by atoms with Crippen LogP contribution in [0, 0.1) is 0 Å². The van der Waals surface area contributed by atoms with Gasteiger partial charge in [0.15, 0.2) is 6.61 Å². The van der Waals surface area contributed by atoms with Crippen LogP contribution < -0.4 is 15.4 Å². The molecule has 0 aliphatic rings. The van der Waals surface area contributed by atoms with Gasteiger partial charge >= 0.3 is 0 Å². The van der Waals surface area contributed by atoms with E-state index in [1.54, 1.807) is 24.3 Å². The lowest BCUT2D eigenvalue weighted by atomic mass is 9.98. The molecular formula is C23H30N2O3. The molecule has 2 aromatic rings. The van der Waals surface area contributed by atoms with Crippen molar-refractivity contribution in [1.82, 2.24) is 5.32 Å². The first kappa shape index (κ1) is 21.5. The van der Waals surface area contributed by atoms with Gasteiger partial charge in [-0.05, 0) is 54.7 Å². The highest BCUT2D eigenvalue weighted by molar-refractivity contribution is 5.96. The van der Waals surface area contributed by atoms with Crippen LogP contribution in [0.3, 0.4) is 0 Å². The second-order valence-corrected chi connectivity index (χ2v) is 6.87. The molecule has 2 rings (SSSR count). The van der Waals surface area contributed by atoms with Crippen molar-refractivity contribution in [2.24, 2.45) is 0 Å². The summed E-state index contributed by atoms with van der Waals surface area (Å²) in [6.07, 6.45) is 3.00. The van der Waals surface area contributed by atoms with E-state index >= 15 is 0 Å². The molecule has 0 aliphatic carbocycles. The fourth-order valence-electron chi connectivity index (χ4n) is 2.77. The normalized spacial score (nSPS) is 11.5. The zero-order valence-electron chi connectivity index (χ0n) is 17.0. The van der Waals surface area contributed by atoms with Crippen LogP contribution in [-0.2, 0) is 4.79 Å². The van der Waals surface area contributed by atoms with Gasteiger partial charge < -0.3 is 15.4 Å². The molecule has 1 unspecified atom stereocenters. The van der Waals surface area contributed by atoms with Crippen LogP contribution in [0.2, 0.25) is 0 Å². The maximum Gasteiger partial charge on any atom is 0.262 e. The number of unbranched alkanes of at least 4 members (excludes halogenated alkanes) is 1. The largest absolute Gasteiger partial charge is 0.483 e. The molecule has 28 heavy (non-hydrogen) atoms. The summed E-state index contributed by atoms with van der Waals surface area (Å²) in [4.78, 5) is 24.2. The Balaban J connectivity index is 1.88. The summed E-state index contributed by atoms with van der Waals surface area (Å²) < 4.78 is 5.73. The van der Waals surface area contributed by atoms with Gasteiger partial charge in [-0.1, -0.05) is 45.4 Å². The molecule has 2 N–H and O–H groups in total. The Morgan fingerprint density at radius 3 is 2.43 bits per heavy atom. The smallest absolute Gasteiger partial charge is 0.262 e. The van der Waals surface area contributed by atoms with Crippen molar-refractivity contribution in [2.45, 2.75) is 46.0 Å². The van der Waals surface area contributed by atoms with E-state index in [1.807, 2.05) is 24.3 Å². The number of benzene rings is 2. The molecule has 1 atom stereocenters. The number of rotatable bonds is 10. The van der Waals surface area contributed by atoms with Crippen molar-refractivity contribution in [2.75, 3.05) is 18.5 Å². The fraction of sp³-hybridized carbons (Fsp3) is 0.391. The first-order valence-electron chi connectivity index (χ1n) is 9.95. The summed E-state index contributed by atoms with van der Waals surface area (Å²) >= 11 is 0. The van der Waals surface area contributed by atoms with Crippen molar-refractivity contribution in [3.63, 3.8) is 0 Å². The lowest BCUT2D eigenvalue weighted by Gasteiger charge is -2.15. The number of para-hydroxylation sites is 1. The van der Waals surface area contributed by atoms with Gasteiger partial charge in [0.25, 0.3) is 11.8 Å². The fourth-order valence-corrected chi connectivity index (χ4v) is 2.77. The van der Waals surface area contributed by atoms with Gasteiger partial charge in [-0.3, -0.25) is 9.59 Å². The van der Waals surface area contributed by atoms with Crippen LogP contribution in [0.5, 0.6) is 5.75 Å². The minimum atomic E-state index is -0.237. The number of carbonyl (C=O) groups excluding carboxylic acids is 2. The summed E-state index contributed by atoms with van der Waals surface area (Å²) in [7, 11) is 0. The molecule has 0 heterocycles. The number of hydrogen-bond acceptors (Lipinski definition) is 3. The Labute approximate surface area is 167 Å². The molecule has 0 saturated carbocycles. The molecule has 5 nitrogen and oxygen atoms in total. The first-order valence-corrected chi connectivity index (χ1v) is 9.95. The molecule has 0 spiro atoms. The summed E-state index contributed by atoms with van der Waals surface area (Å²) in [5, 5.41) is 5.67. The molecule has 5 heteroatoms. The average molecular weight is 383 g/mol. The Morgan fingerprint density at radius 2 is 1.75 bits per heavy atom. The second-order valence-electron chi connectivity index (χ2n) is 6.87. The summed E-state index contributed by atoms with van der Waals surface area (Å²) in [6.45, 7) is 6.95. The van der Waals surface area contributed by atoms with Crippen molar-refractivity contribution >= 4 is 17.5 Å². The summed E-state index contributed by atoms with van der Waals surface area (Å²) in [5.74, 6) is 0.775. The van der Waals surface area contributed by atoms with Crippen LogP contribution in [0.25, 0.3) is 0 Å². The highest BCUT2D eigenvalue weighted by atomic mass is 16.5. The Morgan fingerprint density at radius 1 is 1.04 bits per heavy atom. The predicted octanol–water partition coefficient (Wildman–Crippen LogP) is 4.75. The van der Waals surface area contributed by atoms with Gasteiger partial charge in [-0.25, -0.2) is 0 Å². The first-order chi connectivity index (χ1) is 13.5. The third-order valence-corrected chi connectivity index (χ3v) is 4.67. The van der Waals surface area contributed by atoms with Gasteiger partial charge in [0.2, 0.25) is 0 Å². The van der Waals surface area contributed by atoms with Crippen LogP contribution in [0.1, 0.15) is 61.9 Å². The quantitative estimate of drug-likeness (QED) is 0.583. The van der Waals surface area contributed by atoms with Crippen molar-refractivity contribution in [3.8, 4) is 5.75 Å². The molecule has 0 aromatic heterocycles. The molecule has 0 saturated heterocycles. The number of amides is 2. The third kappa shape index (κ3) is 6.41. The molecule has 0 radical (unpaired) electrons. The molecule has 150 valence electrons. The maximum absolute atomic E-state index is 12.2. The Bertz CT molecular complexity index is 772. The zero-order valence-corrected chi connectivity index (χ0v) is 17.0. The molecule has 0 bridgehead atoms. The Hall–Kier alpha value is -2.82. The average Bonchev–Trinajstić information content (AvgIpc) is 2.72. The van der Waals surface area contributed by atoms with E-state index in [0.29, 0.717) is 23.7 Å². The minimum Gasteiger partial charge on any atom is -0.483 e. The standard InChI is InChI=1S/C23H30N2O3/c1-4-6-15-24-23(27)18-11-13-19(14-12-18)25-22(26)16-28-21-10-8-7-9-20(21)17(3)5-2/h7-14,17H,4-6,15-16H2,1-3H3,(H,24,27)(H,25,26). The lowest BCUT2D eigenvalue weighted by molar-refractivity contribution is -0.118. The number of carbonyl (C=O) groups is 2. The predicted molar refractivity (Wildman–Crippen MR) is 113 cm³/mol. The van der Waals surface area contributed by atoms with Gasteiger partial charge in [-0.2, -0.15) is 0 Å². The number of anilines is 1. The van der Waals surface area contributed by atoms with Gasteiger partial charge in [-0.15, -0.1) is 0 Å². The van der Waals surface area contributed by atoms with E-state index in [2.05, 4.69) is 31.4 Å². The van der Waals surface area contributed by atoms with Gasteiger partial charge in [0.05, 0.1) is 0 Å². The lowest BCUT2D eigenvalue weighted by Crippen LogP contribution is -2.24. The number of nitrogens with one attached hydrogen (secondary N) is 2. The summed E-state index contributed by atoms with van der Waals surface area (Å²) in [6, 6.07) is 14.7. The van der Waals surface area contributed by atoms with E-state index in [4.69, 9.17) is 4.74 Å². The third-order valence-electron chi connectivity index (χ3n) is 4.67. The summed E-state index contributed by atoms with van der Waals surface area (Å²) in [5.41, 5.74) is 2.32. The monoisotopic (exact) mass is 382 g/mol. The van der Waals surface area contributed by atoms with E-state index in [0.717, 1.165) is 30.6 Å². The highest BCUT2D eigenvalue weighted by Gasteiger charge is 2.11. The Kier molecular flexibility index (Phi) is 8.53. The minimum absolute atomic E-state index is 0.0628. The second kappa shape index (κ2) is 11.1. The SMILES string of the molecule is CCCCNC(=O)c1ccc(NC(=O)COc2ccccc2C(C)CC)cc1. The van der Waals surface area contributed by atoms with Crippen molar-refractivity contribution < 1.29 is 14.3 Å². The van der Waals surface area contributed by atoms with Crippen LogP contribution in [-0.4, -0.2) is 25.0 Å². The number of hydrogen-bond donors (Lipinski definition) is 2. The van der Waals surface area contributed by atoms with E-state index < -0.39 is 0 Å². The van der Waals surface area contributed by atoms with Crippen molar-refractivity contribution in [1.29, 1.82) is 0 Å². The molecule has 0 aliphatic heterocycles. The van der Waals surface area contributed by atoms with E-state index in [-0.39, 0.29) is 18.4 Å². The molecular weight excluding hydrogens is 352 g/mol. The van der Waals surface area contributed by atoms with Crippen LogP contribution >= 0.6 is 0 Å². The van der Waals surface area contributed by atoms with Crippen LogP contribution in [0.4, 0.5) is 5.69 Å². The maximum atomic E-state index is 12.2. The highest BCUT2D eigenvalue weighted by Crippen LogP contribution is 2.28. The topological polar surface area (TPSA) is 67.4 Å². The van der Waals surface area contributed by atoms with Crippen LogP contribution in [0.15, 0.2) is 48.5 Å². The van der Waals surface area contributed by atoms with Gasteiger partial charge in [0, 0.05) is 17.8 Å². The number of ether oxygens (including phenoxy) is 1.